The lowest BCUT2D eigenvalue weighted by molar-refractivity contribution is -0.384. The van der Waals surface area contributed by atoms with E-state index in [1.54, 1.807) is 25.3 Å². The van der Waals surface area contributed by atoms with Gasteiger partial charge in [-0.05, 0) is 48.7 Å². The topological polar surface area (TPSA) is 100 Å². The molecule has 0 fully saturated rings. The van der Waals surface area contributed by atoms with Gasteiger partial charge in [-0.3, -0.25) is 21.0 Å². The number of hydrogen-bond donors (Lipinski definition) is 4. The lowest BCUT2D eigenvalue weighted by atomic mass is 10.3. The first-order chi connectivity index (χ1) is 12.0. The van der Waals surface area contributed by atoms with Crippen molar-refractivity contribution in [3.05, 3.63) is 58.6 Å². The monoisotopic (exact) mass is 377 g/mol. The second-order valence-corrected chi connectivity index (χ2v) is 5.51. The highest BCUT2D eigenvalue weighted by Crippen LogP contribution is 2.16. The van der Waals surface area contributed by atoms with Gasteiger partial charge in [0.25, 0.3) is 5.69 Å². The van der Waals surface area contributed by atoms with E-state index in [9.17, 15) is 10.1 Å². The smallest absolute Gasteiger partial charge is 0.269 e. The summed E-state index contributed by atoms with van der Waals surface area (Å²) < 4.78 is 5.13. The molecule has 0 aliphatic heterocycles. The van der Waals surface area contributed by atoms with Crippen LogP contribution in [0, 0.1) is 10.1 Å². The van der Waals surface area contributed by atoms with Crippen LogP contribution in [0.4, 0.5) is 17.1 Å². The first-order valence-electron chi connectivity index (χ1n) is 7.00. The number of non-ortho nitro benzene ring substituents is 1. The predicted octanol–water partition coefficient (Wildman–Crippen LogP) is 2.79. The van der Waals surface area contributed by atoms with E-state index in [2.05, 4.69) is 21.5 Å². The van der Waals surface area contributed by atoms with Crippen molar-refractivity contribution in [2.75, 3.05) is 17.7 Å². The molecule has 0 atom stereocenters. The molecule has 0 heterocycles. The summed E-state index contributed by atoms with van der Waals surface area (Å²) in [7, 11) is 1.58. The van der Waals surface area contributed by atoms with Crippen molar-refractivity contribution in [1.82, 2.24) is 10.9 Å². The van der Waals surface area contributed by atoms with Gasteiger partial charge in [0.2, 0.25) is 0 Å². The van der Waals surface area contributed by atoms with Crippen molar-refractivity contribution in [3.63, 3.8) is 0 Å². The fourth-order valence-corrected chi connectivity index (χ4v) is 2.14. The molecule has 2 rings (SSSR count). The van der Waals surface area contributed by atoms with Crippen LogP contribution in [-0.4, -0.2) is 22.3 Å². The number of methoxy groups -OCH3 is 1. The van der Waals surface area contributed by atoms with Gasteiger partial charge in [-0.2, -0.15) is 0 Å². The van der Waals surface area contributed by atoms with Crippen LogP contribution < -0.4 is 26.2 Å². The Bertz CT molecular complexity index is 783. The van der Waals surface area contributed by atoms with E-state index in [1.807, 2.05) is 18.2 Å². The Morgan fingerprint density at radius 2 is 1.60 bits per heavy atom. The Morgan fingerprint density at radius 3 is 2.16 bits per heavy atom. The van der Waals surface area contributed by atoms with Gasteiger partial charge >= 0.3 is 0 Å². The average Bonchev–Trinajstić information content (AvgIpc) is 2.60. The normalized spacial score (nSPS) is 9.64. The molecule has 2 aromatic rings. The summed E-state index contributed by atoms with van der Waals surface area (Å²) >= 11 is 10.3. The van der Waals surface area contributed by atoms with E-state index in [1.165, 1.54) is 12.1 Å². The molecule has 25 heavy (non-hydrogen) atoms. The predicted molar refractivity (Wildman–Crippen MR) is 105 cm³/mol. The summed E-state index contributed by atoms with van der Waals surface area (Å²) in [6.07, 6.45) is 0. The van der Waals surface area contributed by atoms with E-state index in [-0.39, 0.29) is 10.8 Å². The van der Waals surface area contributed by atoms with Gasteiger partial charge in [-0.1, -0.05) is 6.07 Å². The maximum atomic E-state index is 10.6. The molecule has 0 saturated heterocycles. The number of benzene rings is 2. The Balaban J connectivity index is 1.80. The zero-order valence-electron chi connectivity index (χ0n) is 13.1. The third-order valence-corrected chi connectivity index (χ3v) is 3.36. The minimum atomic E-state index is -0.468. The zero-order chi connectivity index (χ0) is 18.2. The average molecular weight is 377 g/mol. The first kappa shape index (κ1) is 18.4. The molecule has 0 aromatic heterocycles. The van der Waals surface area contributed by atoms with Crippen molar-refractivity contribution < 1.29 is 9.66 Å². The molecule has 0 spiro atoms. The Morgan fingerprint density at radius 1 is 1.00 bits per heavy atom. The van der Waals surface area contributed by atoms with Crippen LogP contribution in [0.2, 0.25) is 0 Å². The van der Waals surface area contributed by atoms with Crippen molar-refractivity contribution in [3.8, 4) is 5.75 Å². The molecule has 8 nitrogen and oxygen atoms in total. The van der Waals surface area contributed by atoms with Gasteiger partial charge in [0, 0.05) is 29.6 Å². The third-order valence-electron chi connectivity index (χ3n) is 2.95. The van der Waals surface area contributed by atoms with Crippen LogP contribution in [0.3, 0.4) is 0 Å². The standard InChI is InChI=1S/C15H15N5O3S2/c1-23-13-4-2-3-11(9-13)17-15(25)19-18-14(24)16-10-5-7-12(8-6-10)20(21)22/h2-9H,1H3,(H2,16,18,24)(H2,17,19,25). The summed E-state index contributed by atoms with van der Waals surface area (Å²) in [5.41, 5.74) is 6.83. The number of nitro benzene ring substituents is 1. The molecule has 0 saturated carbocycles. The number of thiocarbonyl (C=S) groups is 2. The largest absolute Gasteiger partial charge is 0.497 e. The molecule has 10 heteroatoms. The molecule has 0 amide bonds. The molecule has 2 aromatic carbocycles. The molecule has 0 radical (unpaired) electrons. The fraction of sp³-hybridized carbons (Fsp3) is 0.0667. The van der Waals surface area contributed by atoms with Crippen molar-refractivity contribution in [2.45, 2.75) is 0 Å². The minimum absolute atomic E-state index is 0.00576. The van der Waals surface area contributed by atoms with E-state index >= 15 is 0 Å². The lowest BCUT2D eigenvalue weighted by Crippen LogP contribution is -2.45. The number of anilines is 2. The number of hydrazine groups is 1. The maximum Gasteiger partial charge on any atom is 0.269 e. The quantitative estimate of drug-likeness (QED) is 0.364. The number of hydrogen-bond acceptors (Lipinski definition) is 5. The highest BCUT2D eigenvalue weighted by molar-refractivity contribution is 7.81. The molecule has 0 aliphatic carbocycles. The first-order valence-corrected chi connectivity index (χ1v) is 7.82. The van der Waals surface area contributed by atoms with Gasteiger partial charge in [-0.25, -0.2) is 0 Å². The van der Waals surface area contributed by atoms with Crippen LogP contribution in [-0.2, 0) is 0 Å². The van der Waals surface area contributed by atoms with Gasteiger partial charge < -0.3 is 15.4 Å². The van der Waals surface area contributed by atoms with Crippen LogP contribution >= 0.6 is 24.4 Å². The summed E-state index contributed by atoms with van der Waals surface area (Å²) in [4.78, 5) is 10.1. The van der Waals surface area contributed by atoms with Crippen LogP contribution in [0.15, 0.2) is 48.5 Å². The molecular formula is C15H15N5O3S2. The summed E-state index contributed by atoms with van der Waals surface area (Å²) in [6.45, 7) is 0. The zero-order valence-corrected chi connectivity index (χ0v) is 14.7. The Hall–Kier alpha value is -2.98. The molecule has 0 aliphatic rings. The van der Waals surface area contributed by atoms with Crippen molar-refractivity contribution >= 4 is 51.7 Å². The summed E-state index contributed by atoms with van der Waals surface area (Å²) in [5.74, 6) is 0.705. The van der Waals surface area contributed by atoms with Crippen molar-refractivity contribution in [2.24, 2.45) is 0 Å². The fourth-order valence-electron chi connectivity index (χ4n) is 1.81. The van der Waals surface area contributed by atoms with E-state index in [0.29, 0.717) is 16.5 Å². The maximum absolute atomic E-state index is 10.6. The number of nitro groups is 1. The van der Waals surface area contributed by atoms with Crippen LogP contribution in [0.25, 0.3) is 0 Å². The highest BCUT2D eigenvalue weighted by atomic mass is 32.1. The van der Waals surface area contributed by atoms with E-state index in [0.717, 1.165) is 5.69 Å². The van der Waals surface area contributed by atoms with Crippen molar-refractivity contribution in [1.29, 1.82) is 0 Å². The van der Waals surface area contributed by atoms with Gasteiger partial charge in [0.05, 0.1) is 12.0 Å². The van der Waals surface area contributed by atoms with Gasteiger partial charge in [0.15, 0.2) is 10.2 Å². The number of rotatable bonds is 4. The van der Waals surface area contributed by atoms with Crippen LogP contribution in [0.5, 0.6) is 5.75 Å². The number of ether oxygens (including phenoxy) is 1. The second kappa shape index (κ2) is 8.76. The molecular weight excluding hydrogens is 362 g/mol. The van der Waals surface area contributed by atoms with Gasteiger partial charge in [0.1, 0.15) is 5.75 Å². The van der Waals surface area contributed by atoms with Crippen LogP contribution in [0.1, 0.15) is 0 Å². The SMILES string of the molecule is COc1cccc(NC(=S)NNC(=S)Nc2ccc([N+](=O)[O-])cc2)c1. The minimum Gasteiger partial charge on any atom is -0.497 e. The molecule has 4 N–H and O–H groups in total. The molecule has 130 valence electrons. The number of nitrogens with one attached hydrogen (secondary N) is 4. The van der Waals surface area contributed by atoms with E-state index in [4.69, 9.17) is 29.2 Å². The van der Waals surface area contributed by atoms with Gasteiger partial charge in [-0.15, -0.1) is 0 Å². The third kappa shape index (κ3) is 5.86. The summed E-state index contributed by atoms with van der Waals surface area (Å²) in [6, 6.07) is 13.2. The summed E-state index contributed by atoms with van der Waals surface area (Å²) in [5, 5.41) is 17.0. The Labute approximate surface area is 154 Å². The number of nitrogens with zero attached hydrogens (tertiary/aromatic N) is 1. The molecule has 0 unspecified atom stereocenters. The second-order valence-electron chi connectivity index (χ2n) is 4.69. The van der Waals surface area contributed by atoms with E-state index < -0.39 is 4.92 Å². The Kier molecular flexibility index (Phi) is 6.43. The highest BCUT2D eigenvalue weighted by Gasteiger charge is 2.05. The molecule has 0 bridgehead atoms. The lowest BCUT2D eigenvalue weighted by Gasteiger charge is -2.14.